The average Bonchev–Trinajstić information content (AvgIpc) is 2.80. The first-order valence-corrected chi connectivity index (χ1v) is 7.34. The van der Waals surface area contributed by atoms with Gasteiger partial charge in [0.2, 0.25) is 0 Å². The molecule has 0 saturated heterocycles. The maximum absolute atomic E-state index is 5.87. The first kappa shape index (κ1) is 13.7. The van der Waals surface area contributed by atoms with E-state index in [4.69, 9.17) is 16.3 Å². The Morgan fingerprint density at radius 3 is 3.06 bits per heavy atom. The smallest absolute Gasteiger partial charge is 0.123 e. The molecule has 18 heavy (non-hydrogen) atoms. The maximum Gasteiger partial charge on any atom is 0.123 e. The van der Waals surface area contributed by atoms with Crippen molar-refractivity contribution in [1.29, 1.82) is 0 Å². The number of benzene rings is 1. The third kappa shape index (κ3) is 3.89. The summed E-state index contributed by atoms with van der Waals surface area (Å²) in [6.07, 6.45) is 3.71. The van der Waals surface area contributed by atoms with Gasteiger partial charge in [-0.2, -0.15) is 0 Å². The number of rotatable bonds is 7. The van der Waals surface area contributed by atoms with Gasteiger partial charge in [0.1, 0.15) is 11.9 Å². The maximum atomic E-state index is 5.87. The zero-order valence-electron chi connectivity index (χ0n) is 11.0. The Morgan fingerprint density at radius 2 is 2.28 bits per heavy atom. The fourth-order valence-electron chi connectivity index (χ4n) is 2.28. The zero-order valence-corrected chi connectivity index (χ0v) is 11.7. The minimum atomic E-state index is 0.299. The molecular formula is C15H22ClNO. The molecule has 0 aliphatic carbocycles. The molecule has 2 nitrogen and oxygen atoms in total. The molecule has 1 aromatic carbocycles. The van der Waals surface area contributed by atoms with Crippen molar-refractivity contribution in [1.82, 2.24) is 5.32 Å². The molecule has 0 amide bonds. The SMILES string of the molecule is CC(CCl)CCCNCC1Cc2ccccc2O1. The van der Waals surface area contributed by atoms with Crippen LogP contribution in [0.15, 0.2) is 24.3 Å². The van der Waals surface area contributed by atoms with E-state index in [0.29, 0.717) is 12.0 Å². The molecule has 2 atom stereocenters. The summed E-state index contributed by atoms with van der Waals surface area (Å²) >= 11 is 5.78. The van der Waals surface area contributed by atoms with Gasteiger partial charge in [-0.15, -0.1) is 11.6 Å². The van der Waals surface area contributed by atoms with E-state index >= 15 is 0 Å². The standard InChI is InChI=1S/C15H22ClNO/c1-12(10-16)5-4-8-17-11-14-9-13-6-2-3-7-15(13)18-14/h2-3,6-7,12,14,17H,4-5,8-11H2,1H3. The van der Waals surface area contributed by atoms with Crippen LogP contribution in [-0.2, 0) is 6.42 Å². The molecule has 1 aliphatic heterocycles. The summed E-state index contributed by atoms with van der Waals surface area (Å²) in [6.45, 7) is 4.19. The van der Waals surface area contributed by atoms with Gasteiger partial charge < -0.3 is 10.1 Å². The number of para-hydroxylation sites is 1. The molecule has 1 N–H and O–H groups in total. The first-order valence-electron chi connectivity index (χ1n) is 6.81. The highest BCUT2D eigenvalue weighted by atomic mass is 35.5. The Bertz CT molecular complexity index is 344. The fraction of sp³-hybridized carbons (Fsp3) is 0.600. The third-order valence-electron chi connectivity index (χ3n) is 3.40. The van der Waals surface area contributed by atoms with Crippen LogP contribution in [0.1, 0.15) is 25.3 Å². The molecule has 2 rings (SSSR count). The minimum absolute atomic E-state index is 0.299. The molecule has 0 aromatic heterocycles. The fourth-order valence-corrected chi connectivity index (χ4v) is 2.44. The zero-order chi connectivity index (χ0) is 12.8. The molecule has 0 radical (unpaired) electrons. The van der Waals surface area contributed by atoms with Gasteiger partial charge in [-0.3, -0.25) is 0 Å². The summed E-state index contributed by atoms with van der Waals surface area (Å²) in [6, 6.07) is 8.31. The van der Waals surface area contributed by atoms with Crippen molar-refractivity contribution in [3.63, 3.8) is 0 Å². The Kier molecular flexibility index (Phi) is 5.33. The van der Waals surface area contributed by atoms with Crippen LogP contribution >= 0.6 is 11.6 Å². The molecule has 1 aromatic rings. The van der Waals surface area contributed by atoms with Gasteiger partial charge in [0.05, 0.1) is 0 Å². The van der Waals surface area contributed by atoms with E-state index < -0.39 is 0 Å². The van der Waals surface area contributed by atoms with Gasteiger partial charge >= 0.3 is 0 Å². The van der Waals surface area contributed by atoms with Gasteiger partial charge in [0, 0.05) is 18.8 Å². The summed E-state index contributed by atoms with van der Waals surface area (Å²) in [4.78, 5) is 0. The van der Waals surface area contributed by atoms with Crippen LogP contribution in [0.25, 0.3) is 0 Å². The highest BCUT2D eigenvalue weighted by molar-refractivity contribution is 6.18. The lowest BCUT2D eigenvalue weighted by Crippen LogP contribution is -2.30. The monoisotopic (exact) mass is 267 g/mol. The molecule has 0 bridgehead atoms. The van der Waals surface area contributed by atoms with E-state index in [0.717, 1.165) is 31.1 Å². The number of nitrogens with one attached hydrogen (secondary N) is 1. The minimum Gasteiger partial charge on any atom is -0.488 e. The third-order valence-corrected chi connectivity index (χ3v) is 3.93. The number of ether oxygens (including phenoxy) is 1. The lowest BCUT2D eigenvalue weighted by molar-refractivity contribution is 0.227. The molecular weight excluding hydrogens is 246 g/mol. The van der Waals surface area contributed by atoms with Crippen molar-refractivity contribution >= 4 is 11.6 Å². The molecule has 1 heterocycles. The van der Waals surface area contributed by atoms with E-state index in [-0.39, 0.29) is 0 Å². The van der Waals surface area contributed by atoms with Crippen molar-refractivity contribution in [2.45, 2.75) is 32.3 Å². The predicted molar refractivity (Wildman–Crippen MR) is 76.5 cm³/mol. The molecule has 3 heteroatoms. The van der Waals surface area contributed by atoms with Crippen LogP contribution in [0.5, 0.6) is 5.75 Å². The Labute approximate surface area is 115 Å². The van der Waals surface area contributed by atoms with Crippen LogP contribution in [0.2, 0.25) is 0 Å². The molecule has 0 saturated carbocycles. The summed E-state index contributed by atoms with van der Waals surface area (Å²) < 4.78 is 5.87. The van der Waals surface area contributed by atoms with Gasteiger partial charge in [0.15, 0.2) is 0 Å². The Balaban J connectivity index is 1.60. The molecule has 100 valence electrons. The van der Waals surface area contributed by atoms with Gasteiger partial charge in [-0.05, 0) is 36.9 Å². The summed E-state index contributed by atoms with van der Waals surface area (Å²) in [7, 11) is 0. The van der Waals surface area contributed by atoms with Crippen LogP contribution in [0.4, 0.5) is 0 Å². The predicted octanol–water partition coefficient (Wildman–Crippen LogP) is 3.23. The number of hydrogen-bond acceptors (Lipinski definition) is 2. The van der Waals surface area contributed by atoms with Crippen LogP contribution in [-0.4, -0.2) is 25.1 Å². The van der Waals surface area contributed by atoms with Crippen LogP contribution in [0, 0.1) is 5.92 Å². The number of alkyl halides is 1. The highest BCUT2D eigenvalue weighted by Gasteiger charge is 2.21. The summed E-state index contributed by atoms with van der Waals surface area (Å²) in [5, 5.41) is 3.47. The Morgan fingerprint density at radius 1 is 1.44 bits per heavy atom. The van der Waals surface area contributed by atoms with Crippen molar-refractivity contribution in [3.05, 3.63) is 29.8 Å². The first-order chi connectivity index (χ1) is 8.79. The topological polar surface area (TPSA) is 21.3 Å². The molecule has 1 aliphatic rings. The molecule has 0 fully saturated rings. The van der Waals surface area contributed by atoms with E-state index in [9.17, 15) is 0 Å². The van der Waals surface area contributed by atoms with Gasteiger partial charge in [-0.25, -0.2) is 0 Å². The molecule has 0 spiro atoms. The largest absolute Gasteiger partial charge is 0.488 e. The normalized spacial score (nSPS) is 19.3. The second-order valence-corrected chi connectivity index (χ2v) is 5.47. The van der Waals surface area contributed by atoms with E-state index in [1.165, 1.54) is 18.4 Å². The number of fused-ring (bicyclic) bond motifs is 1. The van der Waals surface area contributed by atoms with E-state index in [1.807, 2.05) is 6.07 Å². The van der Waals surface area contributed by atoms with Gasteiger partial charge in [0.25, 0.3) is 0 Å². The van der Waals surface area contributed by atoms with E-state index in [1.54, 1.807) is 0 Å². The van der Waals surface area contributed by atoms with Crippen molar-refractivity contribution in [2.24, 2.45) is 5.92 Å². The van der Waals surface area contributed by atoms with Crippen LogP contribution in [0.3, 0.4) is 0 Å². The molecule has 2 unspecified atom stereocenters. The summed E-state index contributed by atoms with van der Waals surface area (Å²) in [5.41, 5.74) is 1.33. The Hall–Kier alpha value is -0.730. The van der Waals surface area contributed by atoms with Gasteiger partial charge in [-0.1, -0.05) is 25.1 Å². The van der Waals surface area contributed by atoms with E-state index in [2.05, 4.69) is 30.4 Å². The quantitative estimate of drug-likeness (QED) is 0.605. The van der Waals surface area contributed by atoms with Crippen molar-refractivity contribution in [2.75, 3.05) is 19.0 Å². The van der Waals surface area contributed by atoms with Crippen molar-refractivity contribution < 1.29 is 4.74 Å². The van der Waals surface area contributed by atoms with Crippen molar-refractivity contribution in [3.8, 4) is 5.75 Å². The lowest BCUT2D eigenvalue weighted by Gasteiger charge is -2.12. The number of hydrogen-bond donors (Lipinski definition) is 1. The second-order valence-electron chi connectivity index (χ2n) is 5.16. The number of halogens is 1. The van der Waals surface area contributed by atoms with Crippen LogP contribution < -0.4 is 10.1 Å². The summed E-state index contributed by atoms with van der Waals surface area (Å²) in [5.74, 6) is 2.45. The lowest BCUT2D eigenvalue weighted by atomic mass is 10.1. The second kappa shape index (κ2) is 7.01. The average molecular weight is 268 g/mol. The highest BCUT2D eigenvalue weighted by Crippen LogP contribution is 2.27.